The lowest BCUT2D eigenvalue weighted by atomic mass is 9.91. The van der Waals surface area contributed by atoms with Gasteiger partial charge < -0.3 is 10.3 Å². The molecule has 1 amide bonds. The van der Waals surface area contributed by atoms with Crippen LogP contribution in [0.3, 0.4) is 0 Å². The van der Waals surface area contributed by atoms with Crippen molar-refractivity contribution in [1.29, 1.82) is 0 Å². The maximum atomic E-state index is 12.6. The summed E-state index contributed by atoms with van der Waals surface area (Å²) < 4.78 is 1.82. The molecule has 0 radical (unpaired) electrons. The molecule has 1 aromatic carbocycles. The van der Waals surface area contributed by atoms with Gasteiger partial charge in [-0.3, -0.25) is 14.3 Å². The van der Waals surface area contributed by atoms with Crippen LogP contribution < -0.4 is 10.9 Å². The first-order chi connectivity index (χ1) is 12.0. The number of amides is 1. The van der Waals surface area contributed by atoms with Crippen LogP contribution in [0.5, 0.6) is 0 Å². The van der Waals surface area contributed by atoms with Gasteiger partial charge in [-0.15, -0.1) is 0 Å². The Bertz CT molecular complexity index is 1030. The number of aryl methyl sites for hydroxylation is 2. The Kier molecular flexibility index (Phi) is 3.67. The van der Waals surface area contributed by atoms with Gasteiger partial charge in [0.05, 0.1) is 17.6 Å². The quantitative estimate of drug-likeness (QED) is 0.753. The topological polar surface area (TPSA) is 79.8 Å². The van der Waals surface area contributed by atoms with E-state index >= 15 is 0 Å². The zero-order valence-corrected chi connectivity index (χ0v) is 14.3. The number of fused-ring (bicyclic) bond motifs is 1. The number of carbonyl (C=O) groups is 1. The maximum absolute atomic E-state index is 12.6. The Balaban J connectivity index is 1.77. The molecule has 128 valence electrons. The lowest BCUT2D eigenvalue weighted by Crippen LogP contribution is -2.37. The highest BCUT2D eigenvalue weighted by molar-refractivity contribution is 5.87. The van der Waals surface area contributed by atoms with E-state index in [0.29, 0.717) is 18.5 Å². The summed E-state index contributed by atoms with van der Waals surface area (Å²) in [6.07, 6.45) is 3.46. The van der Waals surface area contributed by atoms with Crippen molar-refractivity contribution in [1.82, 2.24) is 20.1 Å². The third-order valence-corrected chi connectivity index (χ3v) is 4.99. The molecule has 6 heteroatoms. The fourth-order valence-electron chi connectivity index (χ4n) is 3.57. The molecule has 3 heterocycles. The molecule has 1 unspecified atom stereocenters. The van der Waals surface area contributed by atoms with Crippen LogP contribution in [0.15, 0.2) is 35.3 Å². The average Bonchev–Trinajstić information content (AvgIpc) is 2.97. The Morgan fingerprint density at radius 2 is 2.08 bits per heavy atom. The Labute approximate surface area is 144 Å². The van der Waals surface area contributed by atoms with Crippen LogP contribution in [0.25, 0.3) is 22.2 Å². The number of aromatic nitrogens is 3. The molecule has 2 aromatic heterocycles. The van der Waals surface area contributed by atoms with Gasteiger partial charge in [-0.2, -0.15) is 5.10 Å². The molecule has 2 N–H and O–H groups in total. The van der Waals surface area contributed by atoms with Crippen LogP contribution in [-0.2, 0) is 11.8 Å². The van der Waals surface area contributed by atoms with Crippen LogP contribution in [0, 0.1) is 6.92 Å². The molecular formula is C19H20N4O2. The van der Waals surface area contributed by atoms with Gasteiger partial charge in [0, 0.05) is 35.8 Å². The number of piperidine rings is 1. The number of nitrogens with one attached hydrogen (secondary N) is 2. The van der Waals surface area contributed by atoms with Gasteiger partial charge in [0.2, 0.25) is 5.91 Å². The van der Waals surface area contributed by atoms with Gasteiger partial charge in [-0.1, -0.05) is 6.07 Å². The van der Waals surface area contributed by atoms with Crippen LogP contribution in [0.1, 0.15) is 29.9 Å². The Morgan fingerprint density at radius 1 is 1.24 bits per heavy atom. The minimum Gasteiger partial charge on any atom is -0.356 e. The van der Waals surface area contributed by atoms with E-state index in [1.54, 1.807) is 6.07 Å². The number of carbonyl (C=O) groups excluding carboxylic acids is 1. The lowest BCUT2D eigenvalue weighted by molar-refractivity contribution is -0.123. The summed E-state index contributed by atoms with van der Waals surface area (Å²) in [5.74, 6) is -0.413. The molecule has 6 nitrogen and oxygen atoms in total. The second-order valence-corrected chi connectivity index (χ2v) is 6.64. The minimum absolute atomic E-state index is 0.0587. The molecule has 1 aliphatic rings. The fourth-order valence-corrected chi connectivity index (χ4v) is 3.57. The van der Waals surface area contributed by atoms with Crippen LogP contribution in [-0.4, -0.2) is 27.2 Å². The summed E-state index contributed by atoms with van der Waals surface area (Å²) in [4.78, 5) is 27.5. The van der Waals surface area contributed by atoms with Crippen molar-refractivity contribution in [2.75, 3.05) is 6.54 Å². The molecule has 25 heavy (non-hydrogen) atoms. The SMILES string of the molecule is Cc1cc(-c2ccc(C3CCCNC3=O)c(=O)[nH]2)cc2c1cnn2C. The summed E-state index contributed by atoms with van der Waals surface area (Å²) in [7, 11) is 1.90. The number of benzene rings is 1. The summed E-state index contributed by atoms with van der Waals surface area (Å²) in [6.45, 7) is 2.72. The van der Waals surface area contributed by atoms with E-state index in [2.05, 4.69) is 15.4 Å². The predicted octanol–water partition coefficient (Wildman–Crippen LogP) is 2.23. The monoisotopic (exact) mass is 336 g/mol. The number of hydrogen-bond acceptors (Lipinski definition) is 3. The molecule has 0 aliphatic carbocycles. The van der Waals surface area contributed by atoms with Gasteiger partial charge in [0.15, 0.2) is 0 Å². The predicted molar refractivity (Wildman–Crippen MR) is 96.5 cm³/mol. The first-order valence-corrected chi connectivity index (χ1v) is 8.48. The van der Waals surface area contributed by atoms with Crippen molar-refractivity contribution >= 4 is 16.8 Å². The highest BCUT2D eigenvalue weighted by Crippen LogP contribution is 2.27. The van der Waals surface area contributed by atoms with Crippen molar-refractivity contribution in [3.05, 3.63) is 51.9 Å². The van der Waals surface area contributed by atoms with Crippen LogP contribution in [0.4, 0.5) is 0 Å². The van der Waals surface area contributed by atoms with Gasteiger partial charge in [0.25, 0.3) is 5.56 Å². The largest absolute Gasteiger partial charge is 0.356 e. The van der Waals surface area contributed by atoms with E-state index < -0.39 is 0 Å². The normalized spacial score (nSPS) is 17.7. The average molecular weight is 336 g/mol. The molecule has 3 aromatic rings. The second kappa shape index (κ2) is 5.88. The van der Waals surface area contributed by atoms with E-state index in [9.17, 15) is 9.59 Å². The molecule has 4 rings (SSSR count). The zero-order chi connectivity index (χ0) is 17.6. The minimum atomic E-state index is -0.354. The Morgan fingerprint density at radius 3 is 2.84 bits per heavy atom. The maximum Gasteiger partial charge on any atom is 0.252 e. The molecule has 1 fully saturated rings. The molecule has 0 saturated carbocycles. The number of pyridine rings is 1. The first-order valence-electron chi connectivity index (χ1n) is 8.48. The number of H-pyrrole nitrogens is 1. The van der Waals surface area contributed by atoms with Crippen LogP contribution in [0.2, 0.25) is 0 Å². The number of rotatable bonds is 2. The fraction of sp³-hybridized carbons (Fsp3) is 0.316. The van der Waals surface area contributed by atoms with E-state index in [1.165, 1.54) is 0 Å². The zero-order valence-electron chi connectivity index (χ0n) is 14.3. The highest BCUT2D eigenvalue weighted by Gasteiger charge is 2.26. The smallest absolute Gasteiger partial charge is 0.252 e. The van der Waals surface area contributed by atoms with E-state index in [1.807, 2.05) is 43.0 Å². The van der Waals surface area contributed by atoms with Crippen molar-refractivity contribution in [2.45, 2.75) is 25.7 Å². The molecular weight excluding hydrogens is 316 g/mol. The molecule has 0 bridgehead atoms. The third-order valence-electron chi connectivity index (χ3n) is 4.99. The van der Waals surface area contributed by atoms with Gasteiger partial charge in [-0.25, -0.2) is 0 Å². The molecule has 1 atom stereocenters. The molecule has 0 spiro atoms. The summed E-state index contributed by atoms with van der Waals surface area (Å²) in [5.41, 5.74) is 4.16. The Hall–Kier alpha value is -2.89. The first kappa shape index (κ1) is 15.6. The summed E-state index contributed by atoms with van der Waals surface area (Å²) in [6, 6.07) is 7.73. The van der Waals surface area contributed by atoms with Crippen LogP contribution >= 0.6 is 0 Å². The highest BCUT2D eigenvalue weighted by atomic mass is 16.2. The van der Waals surface area contributed by atoms with Gasteiger partial charge in [0.1, 0.15) is 0 Å². The lowest BCUT2D eigenvalue weighted by Gasteiger charge is -2.21. The number of nitrogens with zero attached hydrogens (tertiary/aromatic N) is 2. The standard InChI is InChI=1S/C19H20N4O2/c1-11-8-12(9-17-15(11)10-21-23(17)2)16-6-5-14(19(25)22-16)13-4-3-7-20-18(13)24/h5-6,8-10,13H,3-4,7H2,1-2H3,(H,20,24)(H,22,25). The van der Waals surface area contributed by atoms with Crippen molar-refractivity contribution in [3.8, 4) is 11.3 Å². The second-order valence-electron chi connectivity index (χ2n) is 6.64. The number of aromatic amines is 1. The van der Waals surface area contributed by atoms with Gasteiger partial charge in [-0.05, 0) is 43.5 Å². The molecule has 1 saturated heterocycles. The third kappa shape index (κ3) is 2.63. The summed E-state index contributed by atoms with van der Waals surface area (Å²) in [5, 5.41) is 8.23. The van der Waals surface area contributed by atoms with E-state index in [4.69, 9.17) is 0 Å². The van der Waals surface area contributed by atoms with Gasteiger partial charge >= 0.3 is 0 Å². The summed E-state index contributed by atoms with van der Waals surface area (Å²) >= 11 is 0. The molecule has 1 aliphatic heterocycles. The van der Waals surface area contributed by atoms with Crippen molar-refractivity contribution in [3.63, 3.8) is 0 Å². The number of hydrogen-bond donors (Lipinski definition) is 2. The van der Waals surface area contributed by atoms with Crippen molar-refractivity contribution < 1.29 is 4.79 Å². The van der Waals surface area contributed by atoms with E-state index in [0.717, 1.165) is 34.1 Å². The van der Waals surface area contributed by atoms with E-state index in [-0.39, 0.29) is 17.4 Å². The van der Waals surface area contributed by atoms with Crippen molar-refractivity contribution in [2.24, 2.45) is 7.05 Å².